The van der Waals surface area contributed by atoms with Crippen LogP contribution in [-0.2, 0) is 6.54 Å². The van der Waals surface area contributed by atoms with E-state index in [1.807, 2.05) is 29.2 Å². The van der Waals surface area contributed by atoms with E-state index in [9.17, 15) is 14.9 Å². The monoisotopic (exact) mass is 443 g/mol. The molecule has 166 valence electrons. The first-order chi connectivity index (χ1) is 16.1. The van der Waals surface area contributed by atoms with E-state index < -0.39 is 4.92 Å². The zero-order chi connectivity index (χ0) is 22.8. The van der Waals surface area contributed by atoms with Crippen molar-refractivity contribution in [3.8, 4) is 0 Å². The van der Waals surface area contributed by atoms with Crippen LogP contribution >= 0.6 is 0 Å². The number of non-ortho nitro benzene ring substituents is 1. The van der Waals surface area contributed by atoms with Crippen molar-refractivity contribution in [2.45, 2.75) is 6.54 Å². The Labute approximate surface area is 188 Å². The number of hydrogen-bond acceptors (Lipinski definition) is 8. The molecule has 4 aromatic rings. The molecule has 10 nitrogen and oxygen atoms in total. The van der Waals surface area contributed by atoms with E-state index in [2.05, 4.69) is 14.9 Å². The fraction of sp³-hybridized carbons (Fsp3) is 0.217. The van der Waals surface area contributed by atoms with Crippen molar-refractivity contribution in [1.82, 2.24) is 19.5 Å². The molecule has 10 heteroatoms. The fourth-order valence-electron chi connectivity index (χ4n) is 4.05. The summed E-state index contributed by atoms with van der Waals surface area (Å²) in [4.78, 5) is 41.4. The highest BCUT2D eigenvalue weighted by Crippen LogP contribution is 2.19. The average molecular weight is 443 g/mol. The van der Waals surface area contributed by atoms with Crippen LogP contribution in [0.5, 0.6) is 0 Å². The highest BCUT2D eigenvalue weighted by molar-refractivity contribution is 5.76. The highest BCUT2D eigenvalue weighted by Gasteiger charge is 2.23. The molecule has 0 amide bonds. The van der Waals surface area contributed by atoms with Gasteiger partial charge in [0.15, 0.2) is 5.82 Å². The normalized spacial score (nSPS) is 13.9. The third-order valence-electron chi connectivity index (χ3n) is 5.78. The zero-order valence-corrected chi connectivity index (χ0v) is 17.7. The van der Waals surface area contributed by atoms with Crippen molar-refractivity contribution in [2.24, 2.45) is 0 Å². The highest BCUT2D eigenvalue weighted by atomic mass is 16.6. The molecule has 1 saturated heterocycles. The first-order valence-electron chi connectivity index (χ1n) is 10.6. The molecule has 0 saturated carbocycles. The molecule has 33 heavy (non-hydrogen) atoms. The smallest absolute Gasteiger partial charge is 0.294 e. The van der Waals surface area contributed by atoms with Gasteiger partial charge in [-0.25, -0.2) is 9.97 Å². The Morgan fingerprint density at radius 3 is 2.36 bits per heavy atom. The van der Waals surface area contributed by atoms with Gasteiger partial charge >= 0.3 is 0 Å². The van der Waals surface area contributed by atoms with Crippen LogP contribution in [-0.4, -0.2) is 50.6 Å². The van der Waals surface area contributed by atoms with Gasteiger partial charge in [0.2, 0.25) is 0 Å². The molecule has 1 fully saturated rings. The number of nitrogens with zero attached hydrogens (tertiary/aromatic N) is 7. The number of piperazine rings is 1. The number of para-hydroxylation sites is 2. The zero-order valence-electron chi connectivity index (χ0n) is 17.7. The molecule has 0 bridgehead atoms. The van der Waals surface area contributed by atoms with Gasteiger partial charge in [0, 0.05) is 50.7 Å². The maximum atomic E-state index is 13.5. The predicted octanol–water partition coefficient (Wildman–Crippen LogP) is 2.47. The predicted molar refractivity (Wildman–Crippen MR) is 125 cm³/mol. The summed E-state index contributed by atoms with van der Waals surface area (Å²) in [6.07, 6.45) is 5.05. The Bertz CT molecular complexity index is 1350. The van der Waals surface area contributed by atoms with Crippen molar-refractivity contribution in [3.63, 3.8) is 0 Å². The van der Waals surface area contributed by atoms with Gasteiger partial charge in [-0.1, -0.05) is 24.3 Å². The summed E-state index contributed by atoms with van der Waals surface area (Å²) in [5.74, 6) is 1.23. The first kappa shape index (κ1) is 20.6. The average Bonchev–Trinajstić information content (AvgIpc) is 2.86. The van der Waals surface area contributed by atoms with Gasteiger partial charge in [0.25, 0.3) is 11.2 Å². The van der Waals surface area contributed by atoms with Crippen LogP contribution in [0.2, 0.25) is 0 Å². The van der Waals surface area contributed by atoms with Crippen LogP contribution in [0.15, 0.2) is 71.9 Å². The van der Waals surface area contributed by atoms with Crippen LogP contribution in [0.25, 0.3) is 11.0 Å². The van der Waals surface area contributed by atoms with E-state index in [1.165, 1.54) is 12.1 Å². The first-order valence-corrected chi connectivity index (χ1v) is 10.6. The molecular formula is C23H21N7O3. The second-order valence-electron chi connectivity index (χ2n) is 7.78. The number of aromatic nitrogens is 4. The summed E-state index contributed by atoms with van der Waals surface area (Å²) in [6.45, 7) is 2.97. The van der Waals surface area contributed by atoms with E-state index in [1.54, 1.807) is 35.3 Å². The van der Waals surface area contributed by atoms with Crippen molar-refractivity contribution in [1.29, 1.82) is 0 Å². The van der Waals surface area contributed by atoms with Gasteiger partial charge in [-0.05, 0) is 17.7 Å². The molecular weight excluding hydrogens is 422 g/mol. The van der Waals surface area contributed by atoms with Gasteiger partial charge in [0.05, 0.1) is 28.7 Å². The van der Waals surface area contributed by atoms with E-state index >= 15 is 0 Å². The van der Waals surface area contributed by atoms with E-state index in [0.717, 1.165) is 22.4 Å². The molecule has 0 atom stereocenters. The van der Waals surface area contributed by atoms with Gasteiger partial charge in [-0.3, -0.25) is 24.5 Å². The lowest BCUT2D eigenvalue weighted by Gasteiger charge is -2.35. The Hall–Kier alpha value is -4.34. The molecule has 2 aromatic heterocycles. The molecule has 3 heterocycles. The van der Waals surface area contributed by atoms with Crippen LogP contribution < -0.4 is 15.4 Å². The lowest BCUT2D eigenvalue weighted by atomic mass is 10.2. The third-order valence-corrected chi connectivity index (χ3v) is 5.78. The number of fused-ring (bicyclic) bond motifs is 1. The Morgan fingerprint density at radius 1 is 0.939 bits per heavy atom. The van der Waals surface area contributed by atoms with Gasteiger partial charge in [-0.2, -0.15) is 0 Å². The summed E-state index contributed by atoms with van der Waals surface area (Å²) in [5, 5.41) is 11.0. The number of benzene rings is 2. The van der Waals surface area contributed by atoms with Crippen LogP contribution in [0, 0.1) is 10.1 Å². The number of anilines is 2. The van der Waals surface area contributed by atoms with Crippen molar-refractivity contribution < 1.29 is 4.92 Å². The topological polar surface area (TPSA) is 110 Å². The van der Waals surface area contributed by atoms with E-state index in [0.29, 0.717) is 38.5 Å². The largest absolute Gasteiger partial charge is 0.352 e. The van der Waals surface area contributed by atoms with Crippen molar-refractivity contribution in [2.75, 3.05) is 36.0 Å². The Balaban J connectivity index is 1.46. The lowest BCUT2D eigenvalue weighted by Crippen LogP contribution is -2.49. The number of nitro benzene ring substituents is 1. The van der Waals surface area contributed by atoms with E-state index in [-0.39, 0.29) is 11.2 Å². The van der Waals surface area contributed by atoms with Crippen LogP contribution in [0.4, 0.5) is 17.3 Å². The lowest BCUT2D eigenvalue weighted by molar-refractivity contribution is -0.384. The molecule has 0 aliphatic carbocycles. The minimum atomic E-state index is -0.434. The van der Waals surface area contributed by atoms with Gasteiger partial charge in [0.1, 0.15) is 5.82 Å². The number of nitro groups is 1. The molecule has 1 aliphatic rings. The molecule has 0 N–H and O–H groups in total. The molecule has 1 aliphatic heterocycles. The third kappa shape index (κ3) is 4.10. The summed E-state index contributed by atoms with van der Waals surface area (Å²) in [7, 11) is 0. The molecule has 0 unspecified atom stereocenters. The number of rotatable bonds is 5. The Kier molecular flexibility index (Phi) is 5.39. The summed E-state index contributed by atoms with van der Waals surface area (Å²) < 4.78 is 1.69. The standard InChI is InChI=1S/C23H21N7O3/c31-23-22(28-13-11-27(12-14-28)21-15-24-9-10-25-21)26-19-3-1-2-4-20(19)29(23)16-17-5-7-18(8-6-17)30(32)33/h1-10,15H,11-14,16H2. The maximum absolute atomic E-state index is 13.5. The minimum absolute atomic E-state index is 0.0207. The Morgan fingerprint density at radius 2 is 1.67 bits per heavy atom. The summed E-state index contributed by atoms with van der Waals surface area (Å²) >= 11 is 0. The van der Waals surface area contributed by atoms with Gasteiger partial charge < -0.3 is 9.80 Å². The van der Waals surface area contributed by atoms with Crippen LogP contribution in [0.1, 0.15) is 5.56 Å². The number of hydrogen-bond donors (Lipinski definition) is 0. The molecule has 0 spiro atoms. The van der Waals surface area contributed by atoms with Crippen molar-refractivity contribution in [3.05, 3.63) is 93.2 Å². The van der Waals surface area contributed by atoms with E-state index in [4.69, 9.17) is 4.98 Å². The summed E-state index contributed by atoms with van der Waals surface area (Å²) in [5.41, 5.74) is 2.10. The molecule has 0 radical (unpaired) electrons. The van der Waals surface area contributed by atoms with Crippen molar-refractivity contribution >= 4 is 28.4 Å². The SMILES string of the molecule is O=c1c(N2CCN(c3cnccn3)CC2)nc2ccccc2n1Cc1ccc([N+](=O)[O-])cc1. The minimum Gasteiger partial charge on any atom is -0.352 e. The second-order valence-corrected chi connectivity index (χ2v) is 7.78. The quantitative estimate of drug-likeness (QED) is 0.342. The maximum Gasteiger partial charge on any atom is 0.294 e. The second kappa shape index (κ2) is 8.65. The summed E-state index contributed by atoms with van der Waals surface area (Å²) in [6, 6.07) is 13.8. The molecule has 2 aromatic carbocycles. The molecule has 5 rings (SSSR count). The van der Waals surface area contributed by atoms with Crippen LogP contribution in [0.3, 0.4) is 0 Å². The fourth-order valence-corrected chi connectivity index (χ4v) is 4.05. The van der Waals surface area contributed by atoms with Gasteiger partial charge in [-0.15, -0.1) is 0 Å².